The lowest BCUT2D eigenvalue weighted by Crippen LogP contribution is -2.17. The van der Waals surface area contributed by atoms with Gasteiger partial charge in [0.25, 0.3) is 0 Å². The van der Waals surface area contributed by atoms with Crippen molar-refractivity contribution in [1.82, 2.24) is 0 Å². The number of nitrogens with zero attached hydrogens (tertiary/aromatic N) is 1. The van der Waals surface area contributed by atoms with E-state index >= 15 is 0 Å². The van der Waals surface area contributed by atoms with Crippen molar-refractivity contribution in [3.05, 3.63) is 70.8 Å². The minimum atomic E-state index is 0.189. The molecule has 0 amide bonds. The molecule has 1 aliphatic carbocycles. The number of oxime groups is 1. The molecule has 2 aromatic carbocycles. The summed E-state index contributed by atoms with van der Waals surface area (Å²) in [5.74, 6) is 0.305. The lowest BCUT2D eigenvalue weighted by molar-refractivity contribution is 0.0839. The molecule has 0 fully saturated rings. The van der Waals surface area contributed by atoms with Gasteiger partial charge in [-0.1, -0.05) is 59.3 Å². The topological polar surface area (TPSA) is 21.6 Å². The maximum Gasteiger partial charge on any atom is 0.144 e. The molecule has 2 nitrogen and oxygen atoms in total. The van der Waals surface area contributed by atoms with Crippen molar-refractivity contribution in [2.45, 2.75) is 25.4 Å². The molecule has 4 rings (SSSR count). The molecule has 0 radical (unpaired) electrons. The fraction of sp³-hybridized carbons (Fsp3) is 0.235. The van der Waals surface area contributed by atoms with Gasteiger partial charge in [0.1, 0.15) is 6.10 Å². The van der Waals surface area contributed by atoms with Crippen molar-refractivity contribution in [1.29, 1.82) is 0 Å². The summed E-state index contributed by atoms with van der Waals surface area (Å²) in [6, 6.07) is 17.1. The SMILES string of the molecule is Cc1ccc(C2=NO[C@@H]3Cc4ccccc4[C@H]23)cc1. The fourth-order valence-electron chi connectivity index (χ4n) is 3.12. The van der Waals surface area contributed by atoms with Crippen LogP contribution in [-0.2, 0) is 11.3 Å². The number of rotatable bonds is 1. The summed E-state index contributed by atoms with van der Waals surface area (Å²) in [5.41, 5.74) is 6.30. The normalized spacial score (nSPS) is 23.5. The van der Waals surface area contributed by atoms with Crippen LogP contribution in [0.4, 0.5) is 0 Å². The van der Waals surface area contributed by atoms with Crippen molar-refractivity contribution in [2.75, 3.05) is 0 Å². The van der Waals surface area contributed by atoms with Crippen LogP contribution < -0.4 is 0 Å². The van der Waals surface area contributed by atoms with Gasteiger partial charge in [0.15, 0.2) is 0 Å². The van der Waals surface area contributed by atoms with Gasteiger partial charge in [-0.05, 0) is 18.1 Å². The van der Waals surface area contributed by atoms with Crippen LogP contribution in [0.1, 0.15) is 28.2 Å². The molecule has 2 heteroatoms. The minimum absolute atomic E-state index is 0.189. The Bertz CT molecular complexity index is 657. The van der Waals surface area contributed by atoms with E-state index in [4.69, 9.17) is 4.84 Å². The summed E-state index contributed by atoms with van der Waals surface area (Å²) in [7, 11) is 0. The van der Waals surface area contributed by atoms with E-state index in [-0.39, 0.29) is 6.10 Å². The molecule has 94 valence electrons. The Morgan fingerprint density at radius 3 is 2.68 bits per heavy atom. The first kappa shape index (κ1) is 10.8. The van der Waals surface area contributed by atoms with Crippen molar-refractivity contribution in [3.63, 3.8) is 0 Å². The molecule has 0 N–H and O–H groups in total. The standard InChI is InChI=1S/C17H15NO/c1-11-6-8-12(9-7-11)17-16-14-5-3-2-4-13(14)10-15(16)19-18-17/h2-9,15-16H,10H2,1H3/t15-,16+/m1/s1. The lowest BCUT2D eigenvalue weighted by Gasteiger charge is -2.11. The van der Waals surface area contributed by atoms with Gasteiger partial charge in [-0.3, -0.25) is 0 Å². The Kier molecular flexibility index (Phi) is 2.25. The molecular weight excluding hydrogens is 234 g/mol. The number of hydrogen-bond acceptors (Lipinski definition) is 2. The van der Waals surface area contributed by atoms with Gasteiger partial charge in [-0.25, -0.2) is 0 Å². The molecule has 0 bridgehead atoms. The molecule has 2 aromatic rings. The van der Waals surface area contributed by atoms with Gasteiger partial charge < -0.3 is 4.84 Å². The maximum absolute atomic E-state index is 5.64. The molecule has 0 unspecified atom stereocenters. The molecule has 1 aliphatic heterocycles. The van der Waals surface area contributed by atoms with E-state index in [2.05, 4.69) is 60.6 Å². The average Bonchev–Trinajstić information content (AvgIpc) is 2.98. The van der Waals surface area contributed by atoms with E-state index in [0.717, 1.165) is 12.1 Å². The number of benzene rings is 2. The Labute approximate surface area is 112 Å². The van der Waals surface area contributed by atoms with Crippen molar-refractivity contribution < 1.29 is 4.84 Å². The number of aryl methyl sites for hydroxylation is 1. The van der Waals surface area contributed by atoms with Gasteiger partial charge in [0.2, 0.25) is 0 Å². The van der Waals surface area contributed by atoms with E-state index in [0.29, 0.717) is 5.92 Å². The van der Waals surface area contributed by atoms with E-state index in [1.165, 1.54) is 22.3 Å². The highest BCUT2D eigenvalue weighted by atomic mass is 16.6. The second kappa shape index (κ2) is 3.95. The zero-order chi connectivity index (χ0) is 12.8. The summed E-state index contributed by atoms with van der Waals surface area (Å²) in [6.45, 7) is 2.10. The monoisotopic (exact) mass is 249 g/mol. The van der Waals surface area contributed by atoms with Crippen LogP contribution in [0.25, 0.3) is 0 Å². The van der Waals surface area contributed by atoms with Crippen LogP contribution in [0.3, 0.4) is 0 Å². The van der Waals surface area contributed by atoms with Crippen LogP contribution in [0.2, 0.25) is 0 Å². The number of fused-ring (bicyclic) bond motifs is 3. The zero-order valence-corrected chi connectivity index (χ0v) is 10.8. The predicted molar refractivity (Wildman–Crippen MR) is 75.5 cm³/mol. The molecular formula is C17H15NO. The van der Waals surface area contributed by atoms with Gasteiger partial charge in [0.05, 0.1) is 11.6 Å². The summed E-state index contributed by atoms with van der Waals surface area (Å²) in [5, 5.41) is 4.34. The third kappa shape index (κ3) is 1.60. The summed E-state index contributed by atoms with van der Waals surface area (Å²) < 4.78 is 0. The summed E-state index contributed by atoms with van der Waals surface area (Å²) in [6.07, 6.45) is 1.16. The fourth-order valence-corrected chi connectivity index (χ4v) is 3.12. The smallest absolute Gasteiger partial charge is 0.144 e. The van der Waals surface area contributed by atoms with Crippen LogP contribution >= 0.6 is 0 Å². The maximum atomic E-state index is 5.64. The van der Waals surface area contributed by atoms with E-state index in [9.17, 15) is 0 Å². The molecule has 0 aromatic heterocycles. The van der Waals surface area contributed by atoms with Gasteiger partial charge in [-0.15, -0.1) is 0 Å². The molecule has 2 atom stereocenters. The number of hydrogen-bond donors (Lipinski definition) is 0. The minimum Gasteiger partial charge on any atom is -0.391 e. The Hall–Kier alpha value is -2.09. The highest BCUT2D eigenvalue weighted by molar-refractivity contribution is 6.06. The quantitative estimate of drug-likeness (QED) is 0.758. The van der Waals surface area contributed by atoms with Gasteiger partial charge in [0, 0.05) is 12.0 Å². The van der Waals surface area contributed by atoms with Crippen molar-refractivity contribution in [2.24, 2.45) is 5.16 Å². The van der Waals surface area contributed by atoms with E-state index < -0.39 is 0 Å². The molecule has 0 saturated carbocycles. The van der Waals surface area contributed by atoms with Gasteiger partial charge >= 0.3 is 0 Å². The summed E-state index contributed by atoms with van der Waals surface area (Å²) in [4.78, 5) is 5.64. The van der Waals surface area contributed by atoms with Crippen molar-refractivity contribution >= 4 is 5.71 Å². The Balaban J connectivity index is 1.78. The molecule has 0 spiro atoms. The van der Waals surface area contributed by atoms with Crippen LogP contribution in [0, 0.1) is 6.92 Å². The van der Waals surface area contributed by atoms with Crippen LogP contribution in [0.15, 0.2) is 53.7 Å². The molecule has 0 saturated heterocycles. The first-order valence-corrected chi connectivity index (χ1v) is 6.71. The average molecular weight is 249 g/mol. The zero-order valence-electron chi connectivity index (χ0n) is 10.8. The molecule has 2 aliphatic rings. The van der Waals surface area contributed by atoms with Crippen molar-refractivity contribution in [3.8, 4) is 0 Å². The largest absolute Gasteiger partial charge is 0.391 e. The highest BCUT2D eigenvalue weighted by Gasteiger charge is 2.42. The predicted octanol–water partition coefficient (Wildman–Crippen LogP) is 3.44. The third-order valence-corrected chi connectivity index (χ3v) is 4.11. The molecule has 1 heterocycles. The second-order valence-corrected chi connectivity index (χ2v) is 5.37. The Morgan fingerprint density at radius 2 is 1.84 bits per heavy atom. The van der Waals surface area contributed by atoms with Gasteiger partial charge in [-0.2, -0.15) is 0 Å². The second-order valence-electron chi connectivity index (χ2n) is 5.37. The first-order chi connectivity index (χ1) is 9.33. The van der Waals surface area contributed by atoms with Crippen LogP contribution in [-0.4, -0.2) is 11.8 Å². The van der Waals surface area contributed by atoms with E-state index in [1.54, 1.807) is 0 Å². The summed E-state index contributed by atoms with van der Waals surface area (Å²) >= 11 is 0. The lowest BCUT2D eigenvalue weighted by atomic mass is 9.90. The highest BCUT2D eigenvalue weighted by Crippen LogP contribution is 2.41. The van der Waals surface area contributed by atoms with Crippen LogP contribution in [0.5, 0.6) is 0 Å². The molecule has 19 heavy (non-hydrogen) atoms. The third-order valence-electron chi connectivity index (χ3n) is 4.11. The van der Waals surface area contributed by atoms with E-state index in [1.807, 2.05) is 0 Å². The first-order valence-electron chi connectivity index (χ1n) is 6.71. The Morgan fingerprint density at radius 1 is 1.05 bits per heavy atom.